The summed E-state index contributed by atoms with van der Waals surface area (Å²) in [6, 6.07) is 4.54. The van der Waals surface area contributed by atoms with Gasteiger partial charge < -0.3 is 15.2 Å². The van der Waals surface area contributed by atoms with Crippen LogP contribution in [0, 0.1) is 5.82 Å². The standard InChI is InChI=1S/C11H16FNO2/c1-8(13-6-7-14)11-9(12)4-3-5-10(11)15-2/h3-5,8,13-14H,6-7H2,1-2H3. The van der Waals surface area contributed by atoms with Crippen molar-refractivity contribution in [3.8, 4) is 5.75 Å². The number of ether oxygens (including phenoxy) is 1. The number of hydrogen-bond donors (Lipinski definition) is 2. The Morgan fingerprint density at radius 2 is 2.27 bits per heavy atom. The fourth-order valence-corrected chi connectivity index (χ4v) is 1.50. The SMILES string of the molecule is COc1cccc(F)c1C(C)NCCO. The molecule has 1 aromatic rings. The second-order valence-corrected chi connectivity index (χ2v) is 3.26. The van der Waals surface area contributed by atoms with Gasteiger partial charge in [0.2, 0.25) is 0 Å². The second kappa shape index (κ2) is 5.68. The first-order valence-corrected chi connectivity index (χ1v) is 4.87. The van der Waals surface area contributed by atoms with E-state index in [4.69, 9.17) is 9.84 Å². The number of halogens is 1. The van der Waals surface area contributed by atoms with E-state index in [1.807, 2.05) is 6.92 Å². The summed E-state index contributed by atoms with van der Waals surface area (Å²) in [7, 11) is 1.51. The van der Waals surface area contributed by atoms with Crippen LogP contribution in [0.4, 0.5) is 4.39 Å². The highest BCUT2D eigenvalue weighted by atomic mass is 19.1. The van der Waals surface area contributed by atoms with E-state index in [-0.39, 0.29) is 18.5 Å². The maximum absolute atomic E-state index is 13.5. The van der Waals surface area contributed by atoms with Gasteiger partial charge >= 0.3 is 0 Å². The maximum Gasteiger partial charge on any atom is 0.131 e. The van der Waals surface area contributed by atoms with Gasteiger partial charge in [0.05, 0.1) is 13.7 Å². The molecular formula is C11H16FNO2. The number of rotatable bonds is 5. The van der Waals surface area contributed by atoms with Crippen LogP contribution in [0.5, 0.6) is 5.75 Å². The van der Waals surface area contributed by atoms with E-state index in [1.165, 1.54) is 13.2 Å². The maximum atomic E-state index is 13.5. The Bertz CT molecular complexity index is 317. The van der Waals surface area contributed by atoms with E-state index in [1.54, 1.807) is 12.1 Å². The number of hydrogen-bond acceptors (Lipinski definition) is 3. The molecule has 4 heteroatoms. The van der Waals surface area contributed by atoms with E-state index >= 15 is 0 Å². The topological polar surface area (TPSA) is 41.5 Å². The molecule has 0 saturated heterocycles. The monoisotopic (exact) mass is 213 g/mol. The van der Waals surface area contributed by atoms with Crippen molar-refractivity contribution in [1.82, 2.24) is 5.32 Å². The summed E-state index contributed by atoms with van der Waals surface area (Å²) in [6.45, 7) is 2.29. The fraction of sp³-hybridized carbons (Fsp3) is 0.455. The Labute approximate surface area is 88.9 Å². The Morgan fingerprint density at radius 3 is 2.87 bits per heavy atom. The van der Waals surface area contributed by atoms with Crippen LogP contribution in [0.25, 0.3) is 0 Å². The first kappa shape index (κ1) is 11.9. The number of methoxy groups -OCH3 is 1. The van der Waals surface area contributed by atoms with Crippen molar-refractivity contribution < 1.29 is 14.2 Å². The van der Waals surface area contributed by atoms with Crippen molar-refractivity contribution in [2.45, 2.75) is 13.0 Å². The van der Waals surface area contributed by atoms with Crippen LogP contribution >= 0.6 is 0 Å². The Hall–Kier alpha value is -1.13. The summed E-state index contributed by atoms with van der Waals surface area (Å²) < 4.78 is 18.6. The third-order valence-electron chi connectivity index (χ3n) is 2.23. The van der Waals surface area contributed by atoms with Crippen LogP contribution in [0.1, 0.15) is 18.5 Å². The number of aliphatic hydroxyl groups excluding tert-OH is 1. The first-order valence-electron chi connectivity index (χ1n) is 4.87. The fourth-order valence-electron chi connectivity index (χ4n) is 1.50. The van der Waals surface area contributed by atoms with E-state index in [0.29, 0.717) is 17.9 Å². The summed E-state index contributed by atoms with van der Waals surface area (Å²) in [5, 5.41) is 11.7. The molecule has 0 aromatic heterocycles. The van der Waals surface area contributed by atoms with Gasteiger partial charge in [-0.3, -0.25) is 0 Å². The highest BCUT2D eigenvalue weighted by molar-refractivity contribution is 5.36. The Morgan fingerprint density at radius 1 is 1.53 bits per heavy atom. The van der Waals surface area contributed by atoms with E-state index in [0.717, 1.165) is 0 Å². The minimum absolute atomic E-state index is 0.0289. The molecule has 0 fully saturated rings. The van der Waals surface area contributed by atoms with Crippen LogP contribution < -0.4 is 10.1 Å². The van der Waals surface area contributed by atoms with Gasteiger partial charge in [0.25, 0.3) is 0 Å². The van der Waals surface area contributed by atoms with Crippen LogP contribution in [-0.2, 0) is 0 Å². The predicted octanol–water partition coefficient (Wildman–Crippen LogP) is 1.48. The van der Waals surface area contributed by atoms with Crippen molar-refractivity contribution in [3.05, 3.63) is 29.6 Å². The normalized spacial score (nSPS) is 12.5. The quantitative estimate of drug-likeness (QED) is 0.778. The van der Waals surface area contributed by atoms with Gasteiger partial charge in [0.1, 0.15) is 11.6 Å². The lowest BCUT2D eigenvalue weighted by molar-refractivity contribution is 0.284. The molecular weight excluding hydrogens is 197 g/mol. The molecule has 1 aromatic carbocycles. The van der Waals surface area contributed by atoms with Crippen molar-refractivity contribution >= 4 is 0 Å². The molecule has 0 aliphatic rings. The van der Waals surface area contributed by atoms with Crippen molar-refractivity contribution in [3.63, 3.8) is 0 Å². The molecule has 0 saturated carbocycles. The minimum atomic E-state index is -0.299. The lowest BCUT2D eigenvalue weighted by atomic mass is 10.1. The molecule has 1 atom stereocenters. The predicted molar refractivity (Wildman–Crippen MR) is 56.5 cm³/mol. The van der Waals surface area contributed by atoms with Gasteiger partial charge in [-0.15, -0.1) is 0 Å². The zero-order valence-electron chi connectivity index (χ0n) is 8.96. The summed E-state index contributed by atoms with van der Waals surface area (Å²) in [5.41, 5.74) is 0.494. The third-order valence-corrected chi connectivity index (χ3v) is 2.23. The third kappa shape index (κ3) is 2.91. The molecule has 0 spiro atoms. The number of benzene rings is 1. The smallest absolute Gasteiger partial charge is 0.131 e. The Kier molecular flexibility index (Phi) is 4.52. The van der Waals surface area contributed by atoms with Gasteiger partial charge in [0.15, 0.2) is 0 Å². The molecule has 0 aliphatic carbocycles. The van der Waals surface area contributed by atoms with E-state index in [2.05, 4.69) is 5.32 Å². The van der Waals surface area contributed by atoms with Crippen LogP contribution in [0.15, 0.2) is 18.2 Å². The van der Waals surface area contributed by atoms with Gasteiger partial charge in [0, 0.05) is 18.2 Å². The van der Waals surface area contributed by atoms with Gasteiger partial charge in [-0.25, -0.2) is 4.39 Å². The van der Waals surface area contributed by atoms with Crippen LogP contribution in [0.3, 0.4) is 0 Å². The van der Waals surface area contributed by atoms with E-state index in [9.17, 15) is 4.39 Å². The van der Waals surface area contributed by atoms with Crippen molar-refractivity contribution in [2.24, 2.45) is 0 Å². The number of nitrogens with one attached hydrogen (secondary N) is 1. The molecule has 1 rings (SSSR count). The first-order chi connectivity index (χ1) is 7.20. The average molecular weight is 213 g/mol. The summed E-state index contributed by atoms with van der Waals surface area (Å²) >= 11 is 0. The number of aliphatic hydroxyl groups is 1. The summed E-state index contributed by atoms with van der Waals surface area (Å²) in [5.74, 6) is 0.222. The molecule has 3 nitrogen and oxygen atoms in total. The summed E-state index contributed by atoms with van der Waals surface area (Å²) in [6.07, 6.45) is 0. The molecule has 1 unspecified atom stereocenters. The molecule has 0 heterocycles. The van der Waals surface area contributed by atoms with Gasteiger partial charge in [-0.2, -0.15) is 0 Å². The lowest BCUT2D eigenvalue weighted by Gasteiger charge is -2.17. The zero-order chi connectivity index (χ0) is 11.3. The molecule has 2 N–H and O–H groups in total. The van der Waals surface area contributed by atoms with Gasteiger partial charge in [-0.05, 0) is 19.1 Å². The van der Waals surface area contributed by atoms with Crippen molar-refractivity contribution in [1.29, 1.82) is 0 Å². The summed E-state index contributed by atoms with van der Waals surface area (Å²) in [4.78, 5) is 0. The highest BCUT2D eigenvalue weighted by Gasteiger charge is 2.15. The van der Waals surface area contributed by atoms with Crippen molar-refractivity contribution in [2.75, 3.05) is 20.3 Å². The minimum Gasteiger partial charge on any atom is -0.496 e. The van der Waals surface area contributed by atoms with Gasteiger partial charge in [-0.1, -0.05) is 6.07 Å². The van der Waals surface area contributed by atoms with Crippen LogP contribution in [-0.4, -0.2) is 25.4 Å². The molecule has 15 heavy (non-hydrogen) atoms. The molecule has 0 radical (unpaired) electrons. The van der Waals surface area contributed by atoms with E-state index < -0.39 is 0 Å². The lowest BCUT2D eigenvalue weighted by Crippen LogP contribution is -2.23. The molecule has 0 bridgehead atoms. The van der Waals surface area contributed by atoms with Crippen LogP contribution in [0.2, 0.25) is 0 Å². The highest BCUT2D eigenvalue weighted by Crippen LogP contribution is 2.27. The molecule has 0 aliphatic heterocycles. The second-order valence-electron chi connectivity index (χ2n) is 3.26. The largest absolute Gasteiger partial charge is 0.496 e. The zero-order valence-corrected chi connectivity index (χ0v) is 8.96. The Balaban J connectivity index is 2.90. The molecule has 0 amide bonds. The average Bonchev–Trinajstić information content (AvgIpc) is 2.25. The molecule has 84 valence electrons.